The van der Waals surface area contributed by atoms with Gasteiger partial charge in [0, 0.05) is 39.4 Å². The molecular formula is C24H43IN4O2. The zero-order chi connectivity index (χ0) is 21.4. The average molecular weight is 547 g/mol. The first-order chi connectivity index (χ1) is 14.7. The molecule has 0 bridgehead atoms. The van der Waals surface area contributed by atoms with Crippen molar-refractivity contribution in [1.29, 1.82) is 0 Å². The minimum Gasteiger partial charge on any atom is -0.382 e. The first kappa shape index (κ1) is 28.1. The predicted octanol–water partition coefficient (Wildman–Crippen LogP) is 4.18. The summed E-state index contributed by atoms with van der Waals surface area (Å²) in [5.74, 6) is 0.866. The first-order valence-corrected chi connectivity index (χ1v) is 11.6. The Hall–Kier alpha value is -0.900. The number of aliphatic imine (C=N–C) groups is 1. The summed E-state index contributed by atoms with van der Waals surface area (Å²) >= 11 is 0. The molecule has 31 heavy (non-hydrogen) atoms. The topological polar surface area (TPSA) is 58.1 Å². The van der Waals surface area contributed by atoms with E-state index < -0.39 is 0 Å². The monoisotopic (exact) mass is 546 g/mol. The maximum absolute atomic E-state index is 5.52. The smallest absolute Gasteiger partial charge is 0.191 e. The molecule has 6 nitrogen and oxygen atoms in total. The van der Waals surface area contributed by atoms with Crippen molar-refractivity contribution in [3.8, 4) is 0 Å². The number of benzene rings is 1. The van der Waals surface area contributed by atoms with Crippen LogP contribution in [0.1, 0.15) is 56.6 Å². The number of nitrogens with zero attached hydrogens (tertiary/aromatic N) is 2. The SMILES string of the molecule is CCNC(=NCc1ccccc1CN(C)C1CCCCC1)NCCCOCCOC.I. The molecule has 0 heterocycles. The van der Waals surface area contributed by atoms with Gasteiger partial charge in [-0.2, -0.15) is 0 Å². The van der Waals surface area contributed by atoms with Gasteiger partial charge in [0.15, 0.2) is 5.96 Å². The zero-order valence-corrected chi connectivity index (χ0v) is 22.0. The molecule has 0 radical (unpaired) electrons. The second-order valence-corrected chi connectivity index (χ2v) is 8.06. The average Bonchev–Trinajstić information content (AvgIpc) is 2.78. The van der Waals surface area contributed by atoms with Crippen LogP contribution < -0.4 is 10.6 Å². The lowest BCUT2D eigenvalue weighted by atomic mass is 9.94. The molecule has 0 amide bonds. The summed E-state index contributed by atoms with van der Waals surface area (Å²) < 4.78 is 10.5. The number of methoxy groups -OCH3 is 1. The van der Waals surface area contributed by atoms with Crippen LogP contribution in [0.2, 0.25) is 0 Å². The highest BCUT2D eigenvalue weighted by Crippen LogP contribution is 2.23. The fraction of sp³-hybridized carbons (Fsp3) is 0.708. The molecule has 2 rings (SSSR count). The Morgan fingerprint density at radius 3 is 2.52 bits per heavy atom. The first-order valence-electron chi connectivity index (χ1n) is 11.6. The Kier molecular flexibility index (Phi) is 16.0. The van der Waals surface area contributed by atoms with Gasteiger partial charge in [0.1, 0.15) is 0 Å². The number of hydrogen-bond acceptors (Lipinski definition) is 4. The van der Waals surface area contributed by atoms with Crippen LogP contribution in [0.3, 0.4) is 0 Å². The van der Waals surface area contributed by atoms with E-state index in [1.165, 1.54) is 43.2 Å². The Morgan fingerprint density at radius 1 is 1.06 bits per heavy atom. The van der Waals surface area contributed by atoms with Crippen LogP contribution in [-0.4, -0.2) is 64.0 Å². The summed E-state index contributed by atoms with van der Waals surface area (Å²) in [6.07, 6.45) is 7.75. The van der Waals surface area contributed by atoms with Crippen molar-refractivity contribution < 1.29 is 9.47 Å². The van der Waals surface area contributed by atoms with Gasteiger partial charge in [-0.1, -0.05) is 43.5 Å². The highest BCUT2D eigenvalue weighted by Gasteiger charge is 2.18. The third-order valence-electron chi connectivity index (χ3n) is 5.68. The normalized spacial score (nSPS) is 15.0. The molecule has 2 N–H and O–H groups in total. The molecule has 0 atom stereocenters. The molecule has 0 unspecified atom stereocenters. The van der Waals surface area contributed by atoms with Crippen LogP contribution in [-0.2, 0) is 22.6 Å². The molecular weight excluding hydrogens is 503 g/mol. The van der Waals surface area contributed by atoms with Crippen molar-refractivity contribution in [2.75, 3.05) is 47.1 Å². The molecule has 1 aliphatic carbocycles. The summed E-state index contributed by atoms with van der Waals surface area (Å²) in [6, 6.07) is 9.44. The molecule has 1 aliphatic rings. The van der Waals surface area contributed by atoms with E-state index in [0.717, 1.165) is 44.7 Å². The molecule has 1 aromatic rings. The van der Waals surface area contributed by atoms with E-state index in [4.69, 9.17) is 14.5 Å². The lowest BCUT2D eigenvalue weighted by molar-refractivity contribution is 0.0698. The van der Waals surface area contributed by atoms with Gasteiger partial charge in [-0.15, -0.1) is 24.0 Å². The number of rotatable bonds is 13. The van der Waals surface area contributed by atoms with Crippen molar-refractivity contribution in [3.05, 3.63) is 35.4 Å². The number of halogens is 1. The summed E-state index contributed by atoms with van der Waals surface area (Å²) in [7, 11) is 3.96. The van der Waals surface area contributed by atoms with Gasteiger partial charge in [0.25, 0.3) is 0 Å². The van der Waals surface area contributed by atoms with Crippen molar-refractivity contribution in [1.82, 2.24) is 15.5 Å². The maximum Gasteiger partial charge on any atom is 0.191 e. The minimum atomic E-state index is 0. The highest BCUT2D eigenvalue weighted by molar-refractivity contribution is 14.0. The molecule has 7 heteroatoms. The van der Waals surface area contributed by atoms with E-state index in [0.29, 0.717) is 19.8 Å². The predicted molar refractivity (Wildman–Crippen MR) is 140 cm³/mol. The maximum atomic E-state index is 5.52. The minimum absolute atomic E-state index is 0. The van der Waals surface area contributed by atoms with Gasteiger partial charge in [-0.25, -0.2) is 4.99 Å². The summed E-state index contributed by atoms with van der Waals surface area (Å²) in [6.45, 7) is 7.49. The van der Waals surface area contributed by atoms with Crippen LogP contribution in [0.4, 0.5) is 0 Å². The third kappa shape index (κ3) is 11.5. The lowest BCUT2D eigenvalue weighted by Crippen LogP contribution is -2.38. The Balaban J connectivity index is 0.00000480. The third-order valence-corrected chi connectivity index (χ3v) is 5.68. The van der Waals surface area contributed by atoms with Gasteiger partial charge in [0.05, 0.1) is 19.8 Å². The van der Waals surface area contributed by atoms with Gasteiger partial charge in [-0.3, -0.25) is 4.90 Å². The molecule has 1 fully saturated rings. The van der Waals surface area contributed by atoms with Crippen LogP contribution in [0.5, 0.6) is 0 Å². The molecule has 0 aliphatic heterocycles. The van der Waals surface area contributed by atoms with E-state index in [1.54, 1.807) is 7.11 Å². The van der Waals surface area contributed by atoms with Gasteiger partial charge in [0.2, 0.25) is 0 Å². The second kappa shape index (κ2) is 17.6. The Labute approximate surface area is 206 Å². The van der Waals surface area contributed by atoms with Crippen LogP contribution in [0.15, 0.2) is 29.3 Å². The van der Waals surface area contributed by atoms with Gasteiger partial charge >= 0.3 is 0 Å². The molecule has 178 valence electrons. The van der Waals surface area contributed by atoms with Crippen molar-refractivity contribution >= 4 is 29.9 Å². The summed E-state index contributed by atoms with van der Waals surface area (Å²) in [5, 5.41) is 6.75. The fourth-order valence-corrected chi connectivity index (χ4v) is 3.92. The second-order valence-electron chi connectivity index (χ2n) is 8.06. The Bertz CT molecular complexity index is 609. The molecule has 0 saturated heterocycles. The van der Waals surface area contributed by atoms with E-state index in [-0.39, 0.29) is 24.0 Å². The van der Waals surface area contributed by atoms with Crippen LogP contribution >= 0.6 is 24.0 Å². The summed E-state index contributed by atoms with van der Waals surface area (Å²) in [4.78, 5) is 7.36. The van der Waals surface area contributed by atoms with Gasteiger partial charge in [-0.05, 0) is 44.4 Å². The molecule has 0 spiro atoms. The number of nitrogens with one attached hydrogen (secondary N) is 2. The van der Waals surface area contributed by atoms with Crippen LogP contribution in [0.25, 0.3) is 0 Å². The highest BCUT2D eigenvalue weighted by atomic mass is 127. The largest absolute Gasteiger partial charge is 0.382 e. The number of ether oxygens (including phenoxy) is 2. The standard InChI is InChI=1S/C24H42N4O2.HI/c1-4-25-24(26-15-10-16-30-18-17-29-3)27-19-21-11-8-9-12-22(21)20-28(2)23-13-6-5-7-14-23;/h8-9,11-12,23H,4-7,10,13-20H2,1-3H3,(H2,25,26,27);1H. The molecule has 1 aromatic carbocycles. The molecule has 1 saturated carbocycles. The van der Waals surface area contributed by atoms with E-state index in [2.05, 4.69) is 53.8 Å². The molecule has 0 aromatic heterocycles. The van der Waals surface area contributed by atoms with Gasteiger partial charge < -0.3 is 20.1 Å². The van der Waals surface area contributed by atoms with E-state index in [1.807, 2.05) is 0 Å². The van der Waals surface area contributed by atoms with Crippen LogP contribution in [0, 0.1) is 0 Å². The van der Waals surface area contributed by atoms with Crippen molar-refractivity contribution in [3.63, 3.8) is 0 Å². The fourth-order valence-electron chi connectivity index (χ4n) is 3.92. The van der Waals surface area contributed by atoms with Crippen molar-refractivity contribution in [2.24, 2.45) is 4.99 Å². The van der Waals surface area contributed by atoms with E-state index in [9.17, 15) is 0 Å². The lowest BCUT2D eigenvalue weighted by Gasteiger charge is -2.31. The quantitative estimate of drug-likeness (QED) is 0.168. The summed E-state index contributed by atoms with van der Waals surface area (Å²) in [5.41, 5.74) is 2.69. The van der Waals surface area contributed by atoms with Crippen molar-refractivity contribution in [2.45, 2.75) is 64.6 Å². The number of hydrogen-bond donors (Lipinski definition) is 2. The zero-order valence-electron chi connectivity index (χ0n) is 19.7. The van der Waals surface area contributed by atoms with E-state index >= 15 is 0 Å². The Morgan fingerprint density at radius 2 is 1.81 bits per heavy atom. The number of guanidine groups is 1.